The summed E-state index contributed by atoms with van der Waals surface area (Å²) in [5, 5.41) is 12.3. The number of halogens is 1. The number of nitrogens with one attached hydrogen (secondary N) is 1. The number of aryl methyl sites for hydroxylation is 1. The minimum atomic E-state index is -0.805. The molecular weight excluding hydrogens is 381 g/mol. The van der Waals surface area contributed by atoms with Crippen LogP contribution in [-0.4, -0.2) is 23.0 Å². The van der Waals surface area contributed by atoms with E-state index in [0.717, 1.165) is 34.8 Å². The number of benzene rings is 1. The van der Waals surface area contributed by atoms with Crippen molar-refractivity contribution < 1.29 is 14.7 Å². The number of hydrogen-bond donors (Lipinski definition) is 2. The highest BCUT2D eigenvalue weighted by Gasteiger charge is 2.31. The molecule has 114 valence electrons. The fraction of sp³-hybridized carbons (Fsp3) is 0.500. The standard InChI is InChI=1S/C16H20INO3/c1-10-6-5-8-12(14(10)17)15(19)18-13-9-4-2-3-7-11(13)16(20)21/h5-6,8,11,13H,2-4,7,9H2,1H3,(H,18,19)(H,20,21). The number of carbonyl (C=O) groups excluding carboxylic acids is 1. The molecule has 1 fully saturated rings. The van der Waals surface area contributed by atoms with E-state index in [1.165, 1.54) is 0 Å². The van der Waals surface area contributed by atoms with Crippen molar-refractivity contribution in [2.24, 2.45) is 5.92 Å². The molecule has 0 heterocycles. The van der Waals surface area contributed by atoms with Crippen molar-refractivity contribution in [3.05, 3.63) is 32.9 Å². The van der Waals surface area contributed by atoms with Crippen molar-refractivity contribution in [2.75, 3.05) is 0 Å². The van der Waals surface area contributed by atoms with E-state index >= 15 is 0 Å². The van der Waals surface area contributed by atoms with Gasteiger partial charge in [-0.25, -0.2) is 0 Å². The number of carbonyl (C=O) groups is 2. The van der Waals surface area contributed by atoms with Gasteiger partial charge >= 0.3 is 5.97 Å². The Morgan fingerprint density at radius 2 is 1.95 bits per heavy atom. The highest BCUT2D eigenvalue weighted by atomic mass is 127. The Balaban J connectivity index is 2.16. The smallest absolute Gasteiger partial charge is 0.308 e. The van der Waals surface area contributed by atoms with Crippen LogP contribution in [0.5, 0.6) is 0 Å². The molecule has 1 aliphatic rings. The Labute approximate surface area is 138 Å². The van der Waals surface area contributed by atoms with Gasteiger partial charge < -0.3 is 10.4 Å². The van der Waals surface area contributed by atoms with Gasteiger partial charge in [0.1, 0.15) is 0 Å². The zero-order valence-electron chi connectivity index (χ0n) is 12.1. The topological polar surface area (TPSA) is 66.4 Å². The Morgan fingerprint density at radius 1 is 1.24 bits per heavy atom. The molecule has 0 aromatic heterocycles. The summed E-state index contributed by atoms with van der Waals surface area (Å²) in [5.41, 5.74) is 1.68. The Bertz CT molecular complexity index is 544. The van der Waals surface area contributed by atoms with Crippen LogP contribution in [0.1, 0.15) is 48.0 Å². The number of hydrogen-bond acceptors (Lipinski definition) is 2. The highest BCUT2D eigenvalue weighted by Crippen LogP contribution is 2.25. The fourth-order valence-electron chi connectivity index (χ4n) is 2.84. The molecular formula is C16H20INO3. The van der Waals surface area contributed by atoms with Crippen LogP contribution >= 0.6 is 22.6 Å². The molecule has 1 aromatic rings. The van der Waals surface area contributed by atoms with E-state index < -0.39 is 11.9 Å². The lowest BCUT2D eigenvalue weighted by Crippen LogP contribution is -2.43. The van der Waals surface area contributed by atoms with E-state index in [1.54, 1.807) is 6.07 Å². The summed E-state index contributed by atoms with van der Waals surface area (Å²) in [4.78, 5) is 23.9. The number of aliphatic carboxylic acids is 1. The van der Waals surface area contributed by atoms with Gasteiger partial charge in [0.05, 0.1) is 11.5 Å². The third kappa shape index (κ3) is 3.96. The molecule has 2 atom stereocenters. The first kappa shape index (κ1) is 16.3. The van der Waals surface area contributed by atoms with E-state index in [-0.39, 0.29) is 11.9 Å². The lowest BCUT2D eigenvalue weighted by molar-refractivity contribution is -0.142. The van der Waals surface area contributed by atoms with Gasteiger partial charge in [0, 0.05) is 9.61 Å². The predicted molar refractivity (Wildman–Crippen MR) is 89.4 cm³/mol. The van der Waals surface area contributed by atoms with Crippen LogP contribution in [0.2, 0.25) is 0 Å². The first-order chi connectivity index (χ1) is 10.0. The van der Waals surface area contributed by atoms with E-state index in [2.05, 4.69) is 27.9 Å². The normalized spacial score (nSPS) is 22.4. The quantitative estimate of drug-likeness (QED) is 0.603. The summed E-state index contributed by atoms with van der Waals surface area (Å²) in [6.45, 7) is 1.96. The third-order valence-electron chi connectivity index (χ3n) is 4.09. The lowest BCUT2D eigenvalue weighted by Gasteiger charge is -2.23. The molecule has 0 saturated heterocycles. The number of carboxylic acids is 1. The molecule has 0 radical (unpaired) electrons. The average molecular weight is 401 g/mol. The molecule has 21 heavy (non-hydrogen) atoms. The molecule has 0 spiro atoms. The summed E-state index contributed by atoms with van der Waals surface area (Å²) >= 11 is 2.16. The maximum Gasteiger partial charge on any atom is 0.308 e. The first-order valence-corrected chi connectivity index (χ1v) is 8.37. The largest absolute Gasteiger partial charge is 0.481 e. The van der Waals surface area contributed by atoms with Crippen molar-refractivity contribution in [3.63, 3.8) is 0 Å². The van der Waals surface area contributed by atoms with Crippen molar-refractivity contribution >= 4 is 34.5 Å². The van der Waals surface area contributed by atoms with Crippen LogP contribution in [-0.2, 0) is 4.79 Å². The SMILES string of the molecule is Cc1cccc(C(=O)NC2CCCCCC2C(=O)O)c1I. The maximum atomic E-state index is 12.5. The van der Waals surface area contributed by atoms with Gasteiger partial charge in [-0.1, -0.05) is 31.4 Å². The summed E-state index contributed by atoms with van der Waals surface area (Å²) in [5.74, 6) is -1.44. The second kappa shape index (κ2) is 7.24. The van der Waals surface area contributed by atoms with Gasteiger partial charge in [-0.2, -0.15) is 0 Å². The highest BCUT2D eigenvalue weighted by molar-refractivity contribution is 14.1. The first-order valence-electron chi connectivity index (χ1n) is 7.29. The van der Waals surface area contributed by atoms with Crippen LogP contribution in [0.3, 0.4) is 0 Å². The molecule has 2 rings (SSSR count). The summed E-state index contributed by atoms with van der Waals surface area (Å²) in [6, 6.07) is 5.34. The Hall–Kier alpha value is -1.11. The van der Waals surface area contributed by atoms with Crippen LogP contribution in [0.25, 0.3) is 0 Å². The molecule has 0 bridgehead atoms. The zero-order valence-corrected chi connectivity index (χ0v) is 14.2. The Morgan fingerprint density at radius 3 is 2.67 bits per heavy atom. The minimum Gasteiger partial charge on any atom is -0.481 e. The molecule has 2 N–H and O–H groups in total. The van der Waals surface area contributed by atoms with Crippen LogP contribution in [0.15, 0.2) is 18.2 Å². The predicted octanol–water partition coefficient (Wildman–Crippen LogP) is 3.36. The van der Waals surface area contributed by atoms with E-state index in [9.17, 15) is 14.7 Å². The maximum absolute atomic E-state index is 12.5. The van der Waals surface area contributed by atoms with Crippen molar-refractivity contribution in [3.8, 4) is 0 Å². The van der Waals surface area contributed by atoms with Gasteiger partial charge in [-0.05, 0) is 54.0 Å². The van der Waals surface area contributed by atoms with Gasteiger partial charge in [-0.3, -0.25) is 9.59 Å². The third-order valence-corrected chi connectivity index (χ3v) is 5.52. The van der Waals surface area contributed by atoms with Gasteiger partial charge in [0.15, 0.2) is 0 Å². The minimum absolute atomic E-state index is 0.166. The zero-order chi connectivity index (χ0) is 15.4. The summed E-state index contributed by atoms with van der Waals surface area (Å²) in [7, 11) is 0. The van der Waals surface area contributed by atoms with Crippen LogP contribution in [0, 0.1) is 16.4 Å². The molecule has 1 aromatic carbocycles. The molecule has 5 heteroatoms. The summed E-state index contributed by atoms with van der Waals surface area (Å²) in [6.07, 6.45) is 4.32. The molecule has 1 amide bonds. The molecule has 2 unspecified atom stereocenters. The fourth-order valence-corrected chi connectivity index (χ4v) is 3.45. The van der Waals surface area contributed by atoms with E-state index in [4.69, 9.17) is 0 Å². The second-order valence-corrected chi connectivity index (χ2v) is 6.68. The molecule has 1 saturated carbocycles. The van der Waals surface area contributed by atoms with Crippen molar-refractivity contribution in [1.29, 1.82) is 0 Å². The second-order valence-electron chi connectivity index (χ2n) is 5.60. The van der Waals surface area contributed by atoms with Crippen LogP contribution < -0.4 is 5.32 Å². The number of amides is 1. The number of carboxylic acid groups (broad SMARTS) is 1. The van der Waals surface area contributed by atoms with E-state index in [0.29, 0.717) is 12.0 Å². The molecule has 4 nitrogen and oxygen atoms in total. The number of rotatable bonds is 3. The van der Waals surface area contributed by atoms with Gasteiger partial charge in [-0.15, -0.1) is 0 Å². The van der Waals surface area contributed by atoms with E-state index in [1.807, 2.05) is 19.1 Å². The monoisotopic (exact) mass is 401 g/mol. The van der Waals surface area contributed by atoms with Crippen molar-refractivity contribution in [1.82, 2.24) is 5.32 Å². The van der Waals surface area contributed by atoms with Crippen LogP contribution in [0.4, 0.5) is 0 Å². The van der Waals surface area contributed by atoms with Gasteiger partial charge in [0.2, 0.25) is 0 Å². The molecule has 0 aliphatic heterocycles. The lowest BCUT2D eigenvalue weighted by atomic mass is 9.94. The van der Waals surface area contributed by atoms with Gasteiger partial charge in [0.25, 0.3) is 5.91 Å². The van der Waals surface area contributed by atoms with Crippen molar-refractivity contribution in [2.45, 2.75) is 45.1 Å². The Kier molecular flexibility index (Phi) is 5.61. The molecule has 1 aliphatic carbocycles. The summed E-state index contributed by atoms with van der Waals surface area (Å²) < 4.78 is 0.924. The average Bonchev–Trinajstić information content (AvgIpc) is 2.67.